The van der Waals surface area contributed by atoms with Gasteiger partial charge in [0.1, 0.15) is 17.3 Å². The molecule has 20 heavy (non-hydrogen) atoms. The fraction of sp³-hybridized carbons (Fsp3) is 0.500. The monoisotopic (exact) mass is 283 g/mol. The molecule has 0 aliphatic carbocycles. The standard InChI is InChI=1S/C14H19F2N3O/c1-18-14(20)10-2-4-19(5-3-10)13-11(15)6-9(8-17)7-12(13)16/h6-7,10H,2-5,8,17H2,1H3,(H,18,20). The van der Waals surface area contributed by atoms with Crippen molar-refractivity contribution in [3.63, 3.8) is 0 Å². The lowest BCUT2D eigenvalue weighted by Crippen LogP contribution is -2.40. The molecule has 1 aliphatic rings. The summed E-state index contributed by atoms with van der Waals surface area (Å²) < 4.78 is 28.0. The third kappa shape index (κ3) is 2.90. The van der Waals surface area contributed by atoms with Gasteiger partial charge in [-0.2, -0.15) is 0 Å². The van der Waals surface area contributed by atoms with E-state index in [2.05, 4.69) is 5.32 Å². The van der Waals surface area contributed by atoms with E-state index < -0.39 is 11.6 Å². The molecule has 0 bridgehead atoms. The summed E-state index contributed by atoms with van der Waals surface area (Å²) in [7, 11) is 1.60. The molecule has 1 fully saturated rings. The van der Waals surface area contributed by atoms with Gasteiger partial charge in [0.2, 0.25) is 5.91 Å². The molecular weight excluding hydrogens is 264 g/mol. The highest BCUT2D eigenvalue weighted by molar-refractivity contribution is 5.78. The number of piperidine rings is 1. The van der Waals surface area contributed by atoms with E-state index in [9.17, 15) is 13.6 Å². The molecule has 1 aliphatic heterocycles. The molecule has 0 aromatic heterocycles. The fourth-order valence-electron chi connectivity index (χ4n) is 2.61. The van der Waals surface area contributed by atoms with E-state index in [1.807, 2.05) is 0 Å². The molecule has 4 nitrogen and oxygen atoms in total. The van der Waals surface area contributed by atoms with E-state index in [1.165, 1.54) is 12.1 Å². The van der Waals surface area contributed by atoms with Crippen molar-refractivity contribution in [2.24, 2.45) is 11.7 Å². The molecule has 0 saturated carbocycles. The minimum atomic E-state index is -0.594. The van der Waals surface area contributed by atoms with Crippen molar-refractivity contribution < 1.29 is 13.6 Å². The molecule has 0 radical (unpaired) electrons. The minimum Gasteiger partial charge on any atom is -0.367 e. The zero-order valence-electron chi connectivity index (χ0n) is 11.5. The Morgan fingerprint density at radius 1 is 1.35 bits per heavy atom. The zero-order valence-corrected chi connectivity index (χ0v) is 11.5. The highest BCUT2D eigenvalue weighted by atomic mass is 19.1. The number of hydrogen-bond acceptors (Lipinski definition) is 3. The Balaban J connectivity index is 2.13. The van der Waals surface area contributed by atoms with E-state index in [-0.39, 0.29) is 24.1 Å². The Morgan fingerprint density at radius 3 is 2.35 bits per heavy atom. The number of anilines is 1. The third-order valence-electron chi connectivity index (χ3n) is 3.74. The van der Waals surface area contributed by atoms with E-state index in [0.717, 1.165) is 0 Å². The van der Waals surface area contributed by atoms with Crippen LogP contribution in [0.3, 0.4) is 0 Å². The molecule has 1 amide bonds. The second-order valence-electron chi connectivity index (χ2n) is 4.99. The number of nitrogens with one attached hydrogen (secondary N) is 1. The molecule has 6 heteroatoms. The van der Waals surface area contributed by atoms with Crippen molar-refractivity contribution in [1.82, 2.24) is 5.32 Å². The van der Waals surface area contributed by atoms with Crippen LogP contribution in [0.15, 0.2) is 12.1 Å². The van der Waals surface area contributed by atoms with Crippen molar-refractivity contribution in [3.8, 4) is 0 Å². The van der Waals surface area contributed by atoms with Gasteiger partial charge in [0.05, 0.1) is 0 Å². The van der Waals surface area contributed by atoms with Crippen LogP contribution in [-0.2, 0) is 11.3 Å². The molecule has 1 aromatic rings. The van der Waals surface area contributed by atoms with Crippen LogP contribution in [0.2, 0.25) is 0 Å². The van der Waals surface area contributed by atoms with E-state index in [1.54, 1.807) is 11.9 Å². The Hall–Kier alpha value is -1.69. The summed E-state index contributed by atoms with van der Waals surface area (Å²) in [5.41, 5.74) is 5.81. The van der Waals surface area contributed by atoms with Crippen LogP contribution in [0.1, 0.15) is 18.4 Å². The molecule has 2 rings (SSSR count). The molecule has 1 heterocycles. The lowest BCUT2D eigenvalue weighted by molar-refractivity contribution is -0.125. The first-order valence-corrected chi connectivity index (χ1v) is 6.71. The third-order valence-corrected chi connectivity index (χ3v) is 3.74. The van der Waals surface area contributed by atoms with E-state index in [4.69, 9.17) is 5.73 Å². The number of amides is 1. The van der Waals surface area contributed by atoms with Crippen LogP contribution in [0.5, 0.6) is 0 Å². The van der Waals surface area contributed by atoms with Gasteiger partial charge in [-0.05, 0) is 30.5 Å². The maximum atomic E-state index is 14.0. The number of benzene rings is 1. The lowest BCUT2D eigenvalue weighted by Gasteiger charge is -2.33. The topological polar surface area (TPSA) is 58.4 Å². The molecule has 0 unspecified atom stereocenters. The summed E-state index contributed by atoms with van der Waals surface area (Å²) in [4.78, 5) is 13.2. The summed E-state index contributed by atoms with van der Waals surface area (Å²) in [6.45, 7) is 1.04. The van der Waals surface area contributed by atoms with Gasteiger partial charge >= 0.3 is 0 Å². The molecule has 0 atom stereocenters. The predicted molar refractivity (Wildman–Crippen MR) is 73.3 cm³/mol. The van der Waals surface area contributed by atoms with Gasteiger partial charge in [-0.1, -0.05) is 0 Å². The molecular formula is C14H19F2N3O. The smallest absolute Gasteiger partial charge is 0.222 e. The number of halogens is 2. The number of hydrogen-bond donors (Lipinski definition) is 2. The largest absolute Gasteiger partial charge is 0.367 e. The van der Waals surface area contributed by atoms with Crippen molar-refractivity contribution >= 4 is 11.6 Å². The molecule has 1 aromatic carbocycles. The van der Waals surface area contributed by atoms with E-state index >= 15 is 0 Å². The number of rotatable bonds is 3. The molecule has 1 saturated heterocycles. The van der Waals surface area contributed by atoms with Crippen molar-refractivity contribution in [3.05, 3.63) is 29.3 Å². The van der Waals surface area contributed by atoms with Gasteiger partial charge in [-0.25, -0.2) is 8.78 Å². The highest BCUT2D eigenvalue weighted by Crippen LogP contribution is 2.29. The first-order valence-electron chi connectivity index (χ1n) is 6.71. The number of carbonyl (C=O) groups excluding carboxylic acids is 1. The van der Waals surface area contributed by atoms with Gasteiger partial charge in [0, 0.05) is 32.6 Å². The van der Waals surface area contributed by atoms with Crippen molar-refractivity contribution in [2.75, 3.05) is 25.0 Å². The Labute approximate surface area is 116 Å². The number of nitrogens with two attached hydrogens (primary N) is 1. The van der Waals surface area contributed by atoms with Crippen LogP contribution in [-0.4, -0.2) is 26.0 Å². The predicted octanol–water partition coefficient (Wildman–Crippen LogP) is 1.39. The summed E-state index contributed by atoms with van der Waals surface area (Å²) in [5, 5.41) is 2.61. The van der Waals surface area contributed by atoms with Gasteiger partial charge in [-0.3, -0.25) is 4.79 Å². The van der Waals surface area contributed by atoms with Gasteiger partial charge in [0.25, 0.3) is 0 Å². The average molecular weight is 283 g/mol. The number of nitrogens with zero attached hydrogens (tertiary/aromatic N) is 1. The summed E-state index contributed by atoms with van der Waals surface area (Å²) in [5.74, 6) is -1.28. The maximum Gasteiger partial charge on any atom is 0.222 e. The van der Waals surface area contributed by atoms with Crippen molar-refractivity contribution in [2.45, 2.75) is 19.4 Å². The van der Waals surface area contributed by atoms with Crippen LogP contribution < -0.4 is 16.0 Å². The van der Waals surface area contributed by atoms with Crippen molar-refractivity contribution in [1.29, 1.82) is 0 Å². The Kier molecular flexibility index (Phi) is 4.54. The average Bonchev–Trinajstić information content (AvgIpc) is 2.46. The zero-order chi connectivity index (χ0) is 14.7. The lowest BCUT2D eigenvalue weighted by atomic mass is 9.95. The fourth-order valence-corrected chi connectivity index (χ4v) is 2.61. The van der Waals surface area contributed by atoms with E-state index in [0.29, 0.717) is 31.5 Å². The highest BCUT2D eigenvalue weighted by Gasteiger charge is 2.27. The first kappa shape index (κ1) is 14.7. The second-order valence-corrected chi connectivity index (χ2v) is 4.99. The molecule has 110 valence electrons. The van der Waals surface area contributed by atoms with Crippen LogP contribution in [0, 0.1) is 17.6 Å². The quantitative estimate of drug-likeness (QED) is 0.881. The molecule has 0 spiro atoms. The second kappa shape index (κ2) is 6.17. The maximum absolute atomic E-state index is 14.0. The minimum absolute atomic E-state index is 0.0101. The van der Waals surface area contributed by atoms with Crippen LogP contribution in [0.25, 0.3) is 0 Å². The first-order chi connectivity index (χ1) is 9.56. The van der Waals surface area contributed by atoms with Crippen LogP contribution >= 0.6 is 0 Å². The van der Waals surface area contributed by atoms with Gasteiger partial charge in [-0.15, -0.1) is 0 Å². The SMILES string of the molecule is CNC(=O)C1CCN(c2c(F)cc(CN)cc2F)CC1. The summed E-state index contributed by atoms with van der Waals surface area (Å²) in [6, 6.07) is 2.53. The Morgan fingerprint density at radius 2 is 1.90 bits per heavy atom. The normalized spacial score (nSPS) is 16.3. The molecule has 3 N–H and O–H groups in total. The number of carbonyl (C=O) groups is 1. The van der Waals surface area contributed by atoms with Crippen LogP contribution in [0.4, 0.5) is 14.5 Å². The van der Waals surface area contributed by atoms with Gasteiger partial charge < -0.3 is 16.0 Å². The Bertz CT molecular complexity index is 476. The summed E-state index contributed by atoms with van der Waals surface area (Å²) in [6.07, 6.45) is 1.19. The summed E-state index contributed by atoms with van der Waals surface area (Å²) >= 11 is 0. The van der Waals surface area contributed by atoms with Gasteiger partial charge in [0.15, 0.2) is 0 Å².